The van der Waals surface area contributed by atoms with Gasteiger partial charge in [-0.3, -0.25) is 0 Å². The average Bonchev–Trinajstić information content (AvgIpc) is 0.722. The molecule has 0 radical (unpaired) electrons. The normalized spacial score (nSPS) is 10.0. The van der Waals surface area contributed by atoms with Gasteiger partial charge in [-0.15, -0.1) is 0 Å². The first kappa shape index (κ1) is 9.64. The highest BCUT2D eigenvalue weighted by Gasteiger charge is 2.17. The molecule has 0 saturated heterocycles. The lowest BCUT2D eigenvalue weighted by Gasteiger charge is -1.87. The molecule has 0 fully saturated rings. The van der Waals surface area contributed by atoms with Crippen molar-refractivity contribution in [3.8, 4) is 0 Å². The van der Waals surface area contributed by atoms with Gasteiger partial charge in [-0.25, -0.2) is 0 Å². The number of hydrogen-bond donors (Lipinski definition) is 1. The Labute approximate surface area is 43.8 Å². The Bertz CT molecular complexity index is 27.0. The van der Waals surface area contributed by atoms with Gasteiger partial charge in [0, 0.05) is 0 Å². The predicted molar refractivity (Wildman–Crippen MR) is 21.7 cm³/mol. The van der Waals surface area contributed by atoms with E-state index >= 15 is 0 Å². The standard InChI is InChI=1S/CCl2F2.H3N/c2-1(3,4)5;/h;1H3. The molecule has 0 aromatic carbocycles. The molecule has 5 heteroatoms. The summed E-state index contributed by atoms with van der Waals surface area (Å²) in [7, 11) is 0. The molecule has 0 unspecified atom stereocenters. The molecule has 0 amide bonds. The minimum atomic E-state index is -3.56. The highest BCUT2D eigenvalue weighted by atomic mass is 35.5. The topological polar surface area (TPSA) is 35.0 Å². The van der Waals surface area contributed by atoms with Crippen molar-refractivity contribution >= 4 is 23.2 Å². The molecule has 0 heterocycles. The Morgan fingerprint density at radius 1 is 1.17 bits per heavy atom. The number of rotatable bonds is 0. The molecule has 0 spiro atoms. The zero-order chi connectivity index (χ0) is 4.50. The Morgan fingerprint density at radius 2 is 1.17 bits per heavy atom. The second-order valence-electron chi connectivity index (χ2n) is 0.429. The molecular formula is CH3Cl2F2N. The third-order valence-electron chi connectivity index (χ3n) is 0. The summed E-state index contributed by atoms with van der Waals surface area (Å²) in [5.41, 5.74) is 0. The summed E-state index contributed by atoms with van der Waals surface area (Å²) in [6.45, 7) is 0. The van der Waals surface area contributed by atoms with Crippen molar-refractivity contribution in [2.24, 2.45) is 0 Å². The fourth-order valence-electron chi connectivity index (χ4n) is 0. The molecule has 0 aliphatic rings. The van der Waals surface area contributed by atoms with Crippen LogP contribution in [0.1, 0.15) is 0 Å². The van der Waals surface area contributed by atoms with Gasteiger partial charge in [-0.2, -0.15) is 8.78 Å². The van der Waals surface area contributed by atoms with Crippen LogP contribution in [0.4, 0.5) is 8.78 Å². The maximum atomic E-state index is 10.6. The molecular weight excluding hydrogens is 135 g/mol. The van der Waals surface area contributed by atoms with Gasteiger partial charge in [0.15, 0.2) is 0 Å². The van der Waals surface area contributed by atoms with Crippen molar-refractivity contribution < 1.29 is 8.78 Å². The van der Waals surface area contributed by atoms with E-state index in [1.807, 2.05) is 0 Å². The Morgan fingerprint density at radius 3 is 1.17 bits per heavy atom. The van der Waals surface area contributed by atoms with Gasteiger partial charge < -0.3 is 6.15 Å². The van der Waals surface area contributed by atoms with Crippen LogP contribution in [0.2, 0.25) is 0 Å². The average molecular weight is 138 g/mol. The monoisotopic (exact) mass is 137 g/mol. The van der Waals surface area contributed by atoms with E-state index < -0.39 is 4.84 Å². The lowest BCUT2D eigenvalue weighted by atomic mass is 11.7. The van der Waals surface area contributed by atoms with Crippen LogP contribution in [-0.4, -0.2) is 4.84 Å². The van der Waals surface area contributed by atoms with Crippen molar-refractivity contribution in [2.75, 3.05) is 0 Å². The highest BCUT2D eigenvalue weighted by Crippen LogP contribution is 2.22. The first-order valence-electron chi connectivity index (χ1n) is 0.756. The first-order valence-corrected chi connectivity index (χ1v) is 1.51. The van der Waals surface area contributed by atoms with E-state index in [1.165, 1.54) is 0 Å². The van der Waals surface area contributed by atoms with Crippen molar-refractivity contribution in [3.63, 3.8) is 0 Å². The first-order chi connectivity index (χ1) is 2.00. The van der Waals surface area contributed by atoms with Crippen LogP contribution in [-0.2, 0) is 0 Å². The Hall–Kier alpha value is 0.400. The van der Waals surface area contributed by atoms with Gasteiger partial charge in [0.05, 0.1) is 0 Å². The van der Waals surface area contributed by atoms with Gasteiger partial charge in [0.25, 0.3) is 0 Å². The molecule has 0 aliphatic carbocycles. The van der Waals surface area contributed by atoms with E-state index in [1.54, 1.807) is 0 Å². The Balaban J connectivity index is 0. The minimum absolute atomic E-state index is 0. The molecule has 3 N–H and O–H groups in total. The zero-order valence-corrected chi connectivity index (χ0v) is 4.23. The molecule has 0 bridgehead atoms. The summed E-state index contributed by atoms with van der Waals surface area (Å²) in [6.07, 6.45) is 0. The van der Waals surface area contributed by atoms with Crippen LogP contribution < -0.4 is 6.15 Å². The van der Waals surface area contributed by atoms with Gasteiger partial charge in [-0.05, 0) is 23.2 Å². The lowest BCUT2D eigenvalue weighted by molar-refractivity contribution is 0.194. The third kappa shape index (κ3) is 318. The summed E-state index contributed by atoms with van der Waals surface area (Å²) < 4.78 is 21.1. The predicted octanol–water partition coefficient (Wildman–Crippen LogP) is 2.18. The summed E-state index contributed by atoms with van der Waals surface area (Å²) in [5.74, 6) is 0. The smallest absolute Gasteiger partial charge is 0.344 e. The van der Waals surface area contributed by atoms with E-state index in [9.17, 15) is 8.78 Å². The molecule has 6 heavy (non-hydrogen) atoms. The highest BCUT2D eigenvalue weighted by molar-refractivity contribution is 6.45. The molecule has 0 aromatic heterocycles. The molecule has 0 atom stereocenters. The third-order valence-corrected chi connectivity index (χ3v) is 0. The van der Waals surface area contributed by atoms with E-state index in [2.05, 4.69) is 23.2 Å². The van der Waals surface area contributed by atoms with E-state index in [0.717, 1.165) is 0 Å². The van der Waals surface area contributed by atoms with Crippen molar-refractivity contribution in [1.29, 1.82) is 0 Å². The second-order valence-corrected chi connectivity index (χ2v) is 1.57. The van der Waals surface area contributed by atoms with Crippen LogP contribution in [0.5, 0.6) is 0 Å². The summed E-state index contributed by atoms with van der Waals surface area (Å²) in [6, 6.07) is 0. The molecule has 0 saturated carbocycles. The molecule has 40 valence electrons. The van der Waals surface area contributed by atoms with Crippen molar-refractivity contribution in [3.05, 3.63) is 0 Å². The maximum absolute atomic E-state index is 10.6. The Kier molecular flexibility index (Phi) is 4.10. The van der Waals surface area contributed by atoms with Crippen LogP contribution in [0.15, 0.2) is 0 Å². The quantitative estimate of drug-likeness (QED) is 0.511. The maximum Gasteiger partial charge on any atom is 0.401 e. The minimum Gasteiger partial charge on any atom is -0.344 e. The summed E-state index contributed by atoms with van der Waals surface area (Å²) >= 11 is 7.92. The van der Waals surface area contributed by atoms with Gasteiger partial charge >= 0.3 is 4.84 Å². The number of halogens is 4. The second kappa shape index (κ2) is 2.55. The SMILES string of the molecule is FC(F)(Cl)Cl.N. The van der Waals surface area contributed by atoms with Crippen molar-refractivity contribution in [2.45, 2.75) is 4.84 Å². The fraction of sp³-hybridized carbons (Fsp3) is 1.00. The lowest BCUT2D eigenvalue weighted by Crippen LogP contribution is -1.86. The molecule has 0 rings (SSSR count). The molecule has 1 nitrogen and oxygen atoms in total. The van der Waals surface area contributed by atoms with Gasteiger partial charge in [0.1, 0.15) is 0 Å². The fourth-order valence-corrected chi connectivity index (χ4v) is 0. The molecule has 0 aliphatic heterocycles. The number of alkyl halides is 4. The number of hydrogen-bond acceptors (Lipinski definition) is 1. The van der Waals surface area contributed by atoms with E-state index in [4.69, 9.17) is 0 Å². The van der Waals surface area contributed by atoms with Gasteiger partial charge in [0.2, 0.25) is 0 Å². The molecule has 0 aromatic rings. The summed E-state index contributed by atoms with van der Waals surface area (Å²) in [5, 5.41) is 0. The van der Waals surface area contributed by atoms with Crippen LogP contribution in [0.25, 0.3) is 0 Å². The van der Waals surface area contributed by atoms with Crippen molar-refractivity contribution in [1.82, 2.24) is 6.15 Å². The van der Waals surface area contributed by atoms with Crippen LogP contribution in [0, 0.1) is 0 Å². The summed E-state index contributed by atoms with van der Waals surface area (Å²) in [4.78, 5) is -3.56. The van der Waals surface area contributed by atoms with Crippen LogP contribution >= 0.6 is 23.2 Å². The van der Waals surface area contributed by atoms with E-state index in [0.29, 0.717) is 0 Å². The zero-order valence-electron chi connectivity index (χ0n) is 2.72. The van der Waals surface area contributed by atoms with Gasteiger partial charge in [-0.1, -0.05) is 0 Å². The van der Waals surface area contributed by atoms with Crippen LogP contribution in [0.3, 0.4) is 0 Å². The van der Waals surface area contributed by atoms with E-state index in [-0.39, 0.29) is 6.15 Å². The largest absolute Gasteiger partial charge is 0.401 e.